The Morgan fingerprint density at radius 3 is 2.33 bits per heavy atom. The summed E-state index contributed by atoms with van der Waals surface area (Å²) in [5.74, 6) is -0.652. The molecule has 0 saturated carbocycles. The van der Waals surface area contributed by atoms with E-state index in [2.05, 4.69) is 10.3 Å². The number of carboxylic acid groups (broad SMARTS) is 1. The summed E-state index contributed by atoms with van der Waals surface area (Å²) in [6.07, 6.45) is 1.51. The third-order valence-electron chi connectivity index (χ3n) is 5.35. The number of hydrogen-bond acceptors (Lipinski definition) is 5. The lowest BCUT2D eigenvalue weighted by Crippen LogP contribution is -2.25. The van der Waals surface area contributed by atoms with Crippen LogP contribution in [0.15, 0.2) is 66.9 Å². The van der Waals surface area contributed by atoms with Crippen molar-refractivity contribution in [2.75, 3.05) is 13.7 Å². The second-order valence-corrected chi connectivity index (χ2v) is 8.78. The number of aliphatic carboxylic acids is 1. The van der Waals surface area contributed by atoms with Crippen LogP contribution in [0.1, 0.15) is 22.3 Å². The molecule has 1 amide bonds. The SMILES string of the molecule is COc1ccc(-c2cc(-c3cc(Cl)cc(Cl)c3)nn2Cc2ccc(C(=O)NCCC(=O)O)cc2)nc1. The Morgan fingerprint density at radius 2 is 1.72 bits per heavy atom. The average molecular weight is 525 g/mol. The van der Waals surface area contributed by atoms with Gasteiger partial charge in [0.05, 0.1) is 43.4 Å². The molecule has 0 atom stereocenters. The number of benzene rings is 2. The van der Waals surface area contributed by atoms with Gasteiger partial charge in [-0.05, 0) is 54.1 Å². The minimum Gasteiger partial charge on any atom is -0.495 e. The zero-order valence-electron chi connectivity index (χ0n) is 19.2. The smallest absolute Gasteiger partial charge is 0.305 e. The third kappa shape index (κ3) is 6.21. The Labute approximate surface area is 217 Å². The van der Waals surface area contributed by atoms with Crippen LogP contribution < -0.4 is 10.1 Å². The number of nitrogens with zero attached hydrogens (tertiary/aromatic N) is 3. The number of pyridine rings is 1. The number of ether oxygens (including phenoxy) is 1. The molecule has 8 nitrogen and oxygen atoms in total. The molecule has 0 unspecified atom stereocenters. The van der Waals surface area contributed by atoms with Crippen molar-refractivity contribution < 1.29 is 19.4 Å². The third-order valence-corrected chi connectivity index (χ3v) is 5.78. The van der Waals surface area contributed by atoms with Gasteiger partial charge in [-0.2, -0.15) is 5.10 Å². The topological polar surface area (TPSA) is 106 Å². The van der Waals surface area contributed by atoms with Crippen molar-refractivity contribution in [3.8, 4) is 28.4 Å². The fraction of sp³-hybridized carbons (Fsp3) is 0.154. The van der Waals surface area contributed by atoms with Crippen LogP contribution in [0.4, 0.5) is 0 Å². The van der Waals surface area contributed by atoms with E-state index in [1.807, 2.05) is 35.0 Å². The van der Waals surface area contributed by atoms with E-state index in [1.54, 1.807) is 43.6 Å². The molecule has 2 heterocycles. The van der Waals surface area contributed by atoms with Crippen molar-refractivity contribution in [1.29, 1.82) is 0 Å². The normalized spacial score (nSPS) is 10.8. The van der Waals surface area contributed by atoms with E-state index in [0.29, 0.717) is 39.3 Å². The number of amides is 1. The number of aromatic nitrogens is 3. The summed E-state index contributed by atoms with van der Waals surface area (Å²) in [6.45, 7) is 0.482. The van der Waals surface area contributed by atoms with Gasteiger partial charge in [-0.25, -0.2) is 0 Å². The first-order valence-electron chi connectivity index (χ1n) is 11.0. The Morgan fingerprint density at radius 1 is 1.00 bits per heavy atom. The Balaban J connectivity index is 1.62. The number of halogens is 2. The predicted molar refractivity (Wildman–Crippen MR) is 138 cm³/mol. The Hall–Kier alpha value is -3.88. The second kappa shape index (κ2) is 11.2. The van der Waals surface area contributed by atoms with Gasteiger partial charge in [0.1, 0.15) is 5.75 Å². The summed E-state index contributed by atoms with van der Waals surface area (Å²) in [4.78, 5) is 27.4. The quantitative estimate of drug-likeness (QED) is 0.312. The van der Waals surface area contributed by atoms with Crippen molar-refractivity contribution in [2.24, 2.45) is 0 Å². The molecule has 4 rings (SSSR count). The highest BCUT2D eigenvalue weighted by Crippen LogP contribution is 2.30. The summed E-state index contributed by atoms with van der Waals surface area (Å²) < 4.78 is 7.04. The Bertz CT molecular complexity index is 1370. The average Bonchev–Trinajstić information content (AvgIpc) is 3.27. The highest BCUT2D eigenvalue weighted by Gasteiger charge is 2.15. The van der Waals surface area contributed by atoms with Gasteiger partial charge < -0.3 is 15.2 Å². The molecule has 2 aromatic heterocycles. The largest absolute Gasteiger partial charge is 0.495 e. The van der Waals surface area contributed by atoms with Crippen molar-refractivity contribution in [3.63, 3.8) is 0 Å². The van der Waals surface area contributed by atoms with Gasteiger partial charge in [-0.3, -0.25) is 19.3 Å². The van der Waals surface area contributed by atoms with E-state index >= 15 is 0 Å². The fourth-order valence-corrected chi connectivity index (χ4v) is 4.08. The molecule has 184 valence electrons. The van der Waals surface area contributed by atoms with E-state index in [1.165, 1.54) is 0 Å². The van der Waals surface area contributed by atoms with Gasteiger partial charge in [0.15, 0.2) is 0 Å². The fourth-order valence-electron chi connectivity index (χ4n) is 3.56. The lowest BCUT2D eigenvalue weighted by Gasteiger charge is -2.09. The van der Waals surface area contributed by atoms with Crippen molar-refractivity contribution >= 4 is 35.1 Å². The van der Waals surface area contributed by atoms with Gasteiger partial charge in [-0.15, -0.1) is 0 Å². The molecule has 0 bridgehead atoms. The van der Waals surface area contributed by atoms with Crippen LogP contribution in [0.3, 0.4) is 0 Å². The zero-order valence-corrected chi connectivity index (χ0v) is 20.8. The Kier molecular flexibility index (Phi) is 7.87. The monoisotopic (exact) mass is 524 g/mol. The van der Waals surface area contributed by atoms with Gasteiger partial charge in [-0.1, -0.05) is 35.3 Å². The highest BCUT2D eigenvalue weighted by atomic mass is 35.5. The van der Waals surface area contributed by atoms with Crippen LogP contribution in [0.25, 0.3) is 22.6 Å². The summed E-state index contributed by atoms with van der Waals surface area (Å²) in [6, 6.07) is 17.9. The summed E-state index contributed by atoms with van der Waals surface area (Å²) >= 11 is 12.4. The predicted octanol–water partition coefficient (Wildman–Crippen LogP) is 5.18. The first-order chi connectivity index (χ1) is 17.3. The van der Waals surface area contributed by atoms with Gasteiger partial charge >= 0.3 is 5.97 Å². The molecule has 0 radical (unpaired) electrons. The number of carbonyl (C=O) groups excluding carboxylic acids is 1. The molecular weight excluding hydrogens is 503 g/mol. The van der Waals surface area contributed by atoms with Gasteiger partial charge in [0, 0.05) is 27.7 Å². The van der Waals surface area contributed by atoms with Crippen LogP contribution in [0, 0.1) is 0 Å². The van der Waals surface area contributed by atoms with Crippen LogP contribution in [-0.2, 0) is 11.3 Å². The van der Waals surface area contributed by atoms with Crippen LogP contribution >= 0.6 is 23.2 Å². The summed E-state index contributed by atoms with van der Waals surface area (Å²) in [7, 11) is 1.58. The molecule has 0 spiro atoms. The lowest BCUT2D eigenvalue weighted by molar-refractivity contribution is -0.136. The van der Waals surface area contributed by atoms with Crippen molar-refractivity contribution in [3.05, 3.63) is 88.0 Å². The maximum atomic E-state index is 12.2. The molecule has 2 N–H and O–H groups in total. The maximum Gasteiger partial charge on any atom is 0.305 e. The number of carbonyl (C=O) groups is 2. The van der Waals surface area contributed by atoms with Crippen LogP contribution in [0.5, 0.6) is 5.75 Å². The first kappa shape index (κ1) is 25.2. The second-order valence-electron chi connectivity index (χ2n) is 7.91. The van der Waals surface area contributed by atoms with E-state index in [-0.39, 0.29) is 18.9 Å². The van der Waals surface area contributed by atoms with Crippen LogP contribution in [0.2, 0.25) is 10.0 Å². The van der Waals surface area contributed by atoms with Gasteiger partial charge in [0.2, 0.25) is 0 Å². The molecular formula is C26H22Cl2N4O4. The standard InChI is InChI=1S/C26H22Cl2N4O4/c1-36-21-6-7-22(30-14-21)24-13-23(18-10-19(27)12-20(28)11-18)31-32(24)15-16-2-4-17(5-3-16)26(35)29-9-8-25(33)34/h2-7,10-14H,8-9,15H2,1H3,(H,29,35)(H,33,34). The van der Waals surface area contributed by atoms with E-state index in [9.17, 15) is 9.59 Å². The molecule has 0 fully saturated rings. The number of nitrogens with one attached hydrogen (secondary N) is 1. The van der Waals surface area contributed by atoms with Crippen molar-refractivity contribution in [2.45, 2.75) is 13.0 Å². The van der Waals surface area contributed by atoms with E-state index in [0.717, 1.165) is 16.8 Å². The molecule has 0 aliphatic rings. The number of methoxy groups -OCH3 is 1. The van der Waals surface area contributed by atoms with Crippen LogP contribution in [-0.4, -0.2) is 45.4 Å². The molecule has 2 aromatic carbocycles. The minimum absolute atomic E-state index is 0.0672. The van der Waals surface area contributed by atoms with E-state index in [4.69, 9.17) is 38.1 Å². The molecule has 10 heteroatoms. The van der Waals surface area contributed by atoms with Crippen molar-refractivity contribution in [1.82, 2.24) is 20.1 Å². The number of hydrogen-bond donors (Lipinski definition) is 2. The molecule has 0 aliphatic carbocycles. The zero-order chi connectivity index (χ0) is 25.7. The minimum atomic E-state index is -0.966. The molecule has 4 aromatic rings. The maximum absolute atomic E-state index is 12.2. The number of carboxylic acids is 1. The first-order valence-corrected chi connectivity index (χ1v) is 11.7. The lowest BCUT2D eigenvalue weighted by atomic mass is 10.1. The molecule has 36 heavy (non-hydrogen) atoms. The van der Waals surface area contributed by atoms with Gasteiger partial charge in [0.25, 0.3) is 5.91 Å². The summed E-state index contributed by atoms with van der Waals surface area (Å²) in [5.41, 5.74) is 4.29. The molecule has 0 aliphatic heterocycles. The number of rotatable bonds is 9. The highest BCUT2D eigenvalue weighted by molar-refractivity contribution is 6.35. The molecule has 0 saturated heterocycles. The summed E-state index contributed by atoms with van der Waals surface area (Å²) in [5, 5.41) is 17.1. The van der Waals surface area contributed by atoms with E-state index < -0.39 is 5.97 Å².